The summed E-state index contributed by atoms with van der Waals surface area (Å²) < 4.78 is 55.5. The van der Waals surface area contributed by atoms with Crippen LogP contribution in [0.2, 0.25) is 0 Å². The Kier molecular flexibility index (Phi) is 5.56. The van der Waals surface area contributed by atoms with Gasteiger partial charge < -0.3 is 9.67 Å². The van der Waals surface area contributed by atoms with Crippen molar-refractivity contribution in [1.82, 2.24) is 4.57 Å². The third-order valence-corrected chi connectivity index (χ3v) is 7.33. The molecule has 1 N–H and O–H groups in total. The molecule has 5 nitrogen and oxygen atoms in total. The average Bonchev–Trinajstić information content (AvgIpc) is 2.99. The standard InChI is InChI=1S/C24H19F2NO4S/c1-15-20(13-24(28)29)21-12-18(26)8-11-22(21)27(15)14-16-4-2-3-5-23(16)32(30,31)19-9-6-17(25)7-10-19/h2-12H,13-14H2,1H3,(H,28,29). The van der Waals surface area contributed by atoms with Crippen LogP contribution in [0.25, 0.3) is 10.9 Å². The van der Waals surface area contributed by atoms with E-state index in [1.807, 2.05) is 0 Å². The van der Waals surface area contributed by atoms with Crippen LogP contribution >= 0.6 is 0 Å². The van der Waals surface area contributed by atoms with Gasteiger partial charge in [-0.2, -0.15) is 0 Å². The fourth-order valence-electron chi connectivity index (χ4n) is 3.91. The lowest BCUT2D eigenvalue weighted by molar-refractivity contribution is -0.136. The summed E-state index contributed by atoms with van der Waals surface area (Å²) in [4.78, 5) is 11.4. The summed E-state index contributed by atoms with van der Waals surface area (Å²) in [5, 5.41) is 9.78. The lowest BCUT2D eigenvalue weighted by Crippen LogP contribution is -2.10. The van der Waals surface area contributed by atoms with Crippen molar-refractivity contribution in [1.29, 1.82) is 0 Å². The number of nitrogens with zero attached hydrogens (tertiary/aromatic N) is 1. The second-order valence-electron chi connectivity index (χ2n) is 7.45. The number of sulfone groups is 1. The van der Waals surface area contributed by atoms with Gasteiger partial charge in [0.15, 0.2) is 0 Å². The van der Waals surface area contributed by atoms with E-state index >= 15 is 0 Å². The molecule has 0 bridgehead atoms. The largest absolute Gasteiger partial charge is 0.481 e. The quantitative estimate of drug-likeness (QED) is 0.426. The number of carboxylic acids is 1. The highest BCUT2D eigenvalue weighted by Gasteiger charge is 2.23. The first kappa shape index (κ1) is 21.7. The van der Waals surface area contributed by atoms with Crippen molar-refractivity contribution in [2.75, 3.05) is 0 Å². The minimum atomic E-state index is -3.93. The Balaban J connectivity index is 1.86. The minimum Gasteiger partial charge on any atom is -0.481 e. The highest BCUT2D eigenvalue weighted by Crippen LogP contribution is 2.31. The molecule has 0 saturated heterocycles. The number of aromatic nitrogens is 1. The van der Waals surface area contributed by atoms with Gasteiger partial charge in [0.2, 0.25) is 9.84 Å². The summed E-state index contributed by atoms with van der Waals surface area (Å²) in [7, 11) is -3.93. The van der Waals surface area contributed by atoms with Gasteiger partial charge in [0.1, 0.15) is 11.6 Å². The van der Waals surface area contributed by atoms with Crippen LogP contribution in [0.15, 0.2) is 76.5 Å². The molecule has 1 heterocycles. The molecule has 0 aliphatic carbocycles. The van der Waals surface area contributed by atoms with E-state index in [9.17, 15) is 27.1 Å². The maximum absolute atomic E-state index is 13.9. The zero-order valence-electron chi connectivity index (χ0n) is 17.0. The first-order valence-corrected chi connectivity index (χ1v) is 11.2. The Morgan fingerprint density at radius 3 is 2.31 bits per heavy atom. The first-order valence-electron chi connectivity index (χ1n) is 9.76. The molecule has 4 rings (SSSR count). The highest BCUT2D eigenvalue weighted by molar-refractivity contribution is 7.91. The number of benzene rings is 3. The van der Waals surface area contributed by atoms with Crippen LogP contribution < -0.4 is 0 Å². The van der Waals surface area contributed by atoms with Gasteiger partial charge in [-0.15, -0.1) is 0 Å². The Morgan fingerprint density at radius 2 is 1.62 bits per heavy atom. The number of carboxylic acid groups (broad SMARTS) is 1. The van der Waals surface area contributed by atoms with Gasteiger partial charge in [-0.25, -0.2) is 17.2 Å². The monoisotopic (exact) mass is 455 g/mol. The predicted octanol–water partition coefficient (Wildman–Crippen LogP) is 4.74. The summed E-state index contributed by atoms with van der Waals surface area (Å²) in [6, 6.07) is 15.2. The molecule has 164 valence electrons. The summed E-state index contributed by atoms with van der Waals surface area (Å²) in [6.45, 7) is 1.86. The fraction of sp³-hybridized carbons (Fsp3) is 0.125. The molecule has 0 aliphatic rings. The van der Waals surface area contributed by atoms with E-state index in [2.05, 4.69) is 0 Å². The Bertz CT molecular complexity index is 1440. The fourth-order valence-corrected chi connectivity index (χ4v) is 5.39. The van der Waals surface area contributed by atoms with Crippen molar-refractivity contribution in [3.05, 3.63) is 95.2 Å². The van der Waals surface area contributed by atoms with E-state index in [0.717, 1.165) is 12.1 Å². The zero-order valence-corrected chi connectivity index (χ0v) is 17.9. The average molecular weight is 455 g/mol. The molecule has 0 fully saturated rings. The summed E-state index contributed by atoms with van der Waals surface area (Å²) in [5.74, 6) is -2.07. The molecule has 32 heavy (non-hydrogen) atoms. The van der Waals surface area contributed by atoms with Crippen LogP contribution in [0.4, 0.5) is 8.78 Å². The molecular formula is C24H19F2NO4S. The first-order chi connectivity index (χ1) is 15.2. The molecular weight excluding hydrogens is 436 g/mol. The van der Waals surface area contributed by atoms with E-state index in [1.54, 1.807) is 35.8 Å². The van der Waals surface area contributed by atoms with E-state index in [1.165, 1.54) is 30.3 Å². The smallest absolute Gasteiger partial charge is 0.307 e. The van der Waals surface area contributed by atoms with E-state index in [-0.39, 0.29) is 22.8 Å². The molecule has 0 atom stereocenters. The van der Waals surface area contributed by atoms with Gasteiger partial charge in [0, 0.05) is 23.1 Å². The molecule has 0 saturated carbocycles. The van der Waals surface area contributed by atoms with Gasteiger partial charge in [-0.3, -0.25) is 4.79 Å². The van der Waals surface area contributed by atoms with Gasteiger partial charge in [0.25, 0.3) is 0 Å². The van der Waals surface area contributed by atoms with Crippen LogP contribution in [0.1, 0.15) is 16.8 Å². The van der Waals surface area contributed by atoms with Crippen molar-refractivity contribution < 1.29 is 27.1 Å². The molecule has 0 radical (unpaired) electrons. The summed E-state index contributed by atoms with van der Waals surface area (Å²) in [6.07, 6.45) is -0.283. The normalized spacial score (nSPS) is 11.7. The number of fused-ring (bicyclic) bond motifs is 1. The van der Waals surface area contributed by atoms with Crippen molar-refractivity contribution in [2.24, 2.45) is 0 Å². The Morgan fingerprint density at radius 1 is 0.969 bits per heavy atom. The van der Waals surface area contributed by atoms with Gasteiger partial charge in [0.05, 0.1) is 16.2 Å². The van der Waals surface area contributed by atoms with Crippen LogP contribution in [0, 0.1) is 18.6 Å². The predicted molar refractivity (Wildman–Crippen MR) is 115 cm³/mol. The summed E-state index contributed by atoms with van der Waals surface area (Å²) >= 11 is 0. The Hall–Kier alpha value is -3.52. The Labute approximate surface area is 183 Å². The third-order valence-electron chi connectivity index (χ3n) is 5.46. The molecule has 0 amide bonds. The van der Waals surface area contributed by atoms with E-state index < -0.39 is 27.4 Å². The number of carbonyl (C=O) groups is 1. The second-order valence-corrected chi connectivity index (χ2v) is 9.37. The molecule has 3 aromatic carbocycles. The van der Waals surface area contributed by atoms with Crippen LogP contribution in [0.5, 0.6) is 0 Å². The lowest BCUT2D eigenvalue weighted by Gasteiger charge is -2.14. The topological polar surface area (TPSA) is 76.4 Å². The number of halogens is 2. The second kappa shape index (κ2) is 8.20. The molecule has 0 spiro atoms. The highest BCUT2D eigenvalue weighted by atomic mass is 32.2. The number of aliphatic carboxylic acids is 1. The molecule has 8 heteroatoms. The van der Waals surface area contributed by atoms with Crippen molar-refractivity contribution >= 4 is 26.7 Å². The molecule has 4 aromatic rings. The molecule has 0 aliphatic heterocycles. The van der Waals surface area contributed by atoms with E-state index in [0.29, 0.717) is 27.7 Å². The van der Waals surface area contributed by atoms with Crippen LogP contribution in [-0.4, -0.2) is 24.1 Å². The SMILES string of the molecule is Cc1c(CC(=O)O)c2cc(F)ccc2n1Cc1ccccc1S(=O)(=O)c1ccc(F)cc1. The van der Waals surface area contributed by atoms with Gasteiger partial charge in [-0.1, -0.05) is 18.2 Å². The van der Waals surface area contributed by atoms with Crippen molar-refractivity contribution in [2.45, 2.75) is 29.7 Å². The van der Waals surface area contributed by atoms with E-state index in [4.69, 9.17) is 0 Å². The zero-order chi connectivity index (χ0) is 23.0. The minimum absolute atomic E-state index is 0.0333. The van der Waals surface area contributed by atoms with Crippen molar-refractivity contribution in [3.63, 3.8) is 0 Å². The number of hydrogen-bond acceptors (Lipinski definition) is 3. The summed E-state index contributed by atoms with van der Waals surface area (Å²) in [5.41, 5.74) is 2.17. The van der Waals surface area contributed by atoms with Gasteiger partial charge >= 0.3 is 5.97 Å². The van der Waals surface area contributed by atoms with Crippen LogP contribution in [-0.2, 0) is 27.6 Å². The van der Waals surface area contributed by atoms with Gasteiger partial charge in [-0.05, 0) is 66.6 Å². The maximum Gasteiger partial charge on any atom is 0.307 e. The maximum atomic E-state index is 13.9. The third kappa shape index (κ3) is 3.89. The van der Waals surface area contributed by atoms with Crippen LogP contribution in [0.3, 0.4) is 0 Å². The molecule has 1 aromatic heterocycles. The number of hydrogen-bond donors (Lipinski definition) is 1. The van der Waals surface area contributed by atoms with Crippen molar-refractivity contribution in [3.8, 4) is 0 Å². The number of rotatable bonds is 6. The molecule has 0 unspecified atom stereocenters. The lowest BCUT2D eigenvalue weighted by atomic mass is 10.1.